The Labute approximate surface area is 71.9 Å². The van der Waals surface area contributed by atoms with Gasteiger partial charge in [-0.2, -0.15) is 5.26 Å². The summed E-state index contributed by atoms with van der Waals surface area (Å²) in [5, 5.41) is 9.00. The van der Waals surface area contributed by atoms with Crippen LogP contribution in [-0.2, 0) is 5.41 Å². The van der Waals surface area contributed by atoms with E-state index >= 15 is 0 Å². The molecule has 2 heteroatoms. The van der Waals surface area contributed by atoms with Crippen molar-refractivity contribution >= 4 is 0 Å². The number of nitriles is 1. The molecule has 1 saturated carbocycles. The Balaban J connectivity index is 2.39. The zero-order chi connectivity index (χ0) is 8.60. The van der Waals surface area contributed by atoms with Gasteiger partial charge in [-0.3, -0.25) is 4.98 Å². The van der Waals surface area contributed by atoms with Crippen LogP contribution in [0.2, 0.25) is 0 Å². The summed E-state index contributed by atoms with van der Waals surface area (Å²) in [6.45, 7) is 2.11. The lowest BCUT2D eigenvalue weighted by Crippen LogP contribution is -2.05. The molecule has 12 heavy (non-hydrogen) atoms. The van der Waals surface area contributed by atoms with E-state index in [0.717, 1.165) is 12.0 Å². The van der Waals surface area contributed by atoms with E-state index < -0.39 is 0 Å². The maximum atomic E-state index is 9.00. The first-order valence-electron chi connectivity index (χ1n) is 4.11. The van der Waals surface area contributed by atoms with Gasteiger partial charge in [-0.25, -0.2) is 0 Å². The second-order valence-electron chi connectivity index (χ2n) is 3.43. The molecule has 2 atom stereocenters. The highest BCUT2D eigenvalue weighted by atomic mass is 14.7. The van der Waals surface area contributed by atoms with Gasteiger partial charge >= 0.3 is 0 Å². The Bertz CT molecular complexity index is 325. The van der Waals surface area contributed by atoms with Crippen molar-refractivity contribution in [2.24, 2.45) is 5.92 Å². The molecule has 2 nitrogen and oxygen atoms in total. The third-order valence-electron chi connectivity index (χ3n) is 2.69. The maximum Gasteiger partial charge on any atom is 0.0866 e. The molecule has 2 rings (SSSR count). The highest BCUT2D eigenvalue weighted by Gasteiger charge is 2.53. The number of hydrogen-bond donors (Lipinski definition) is 0. The summed E-state index contributed by atoms with van der Waals surface area (Å²) in [7, 11) is 0. The molecule has 60 valence electrons. The second kappa shape index (κ2) is 2.31. The molecule has 1 aliphatic carbocycles. The summed E-state index contributed by atoms with van der Waals surface area (Å²) in [5.74, 6) is 0.492. The molecule has 0 aromatic carbocycles. The van der Waals surface area contributed by atoms with E-state index in [1.807, 2.05) is 12.1 Å². The fourth-order valence-corrected chi connectivity index (χ4v) is 1.67. The van der Waals surface area contributed by atoms with Crippen LogP contribution in [0.1, 0.15) is 18.9 Å². The van der Waals surface area contributed by atoms with E-state index in [0.29, 0.717) is 5.92 Å². The minimum Gasteiger partial charge on any atom is -0.264 e. The lowest BCUT2D eigenvalue weighted by Gasteiger charge is -2.04. The van der Waals surface area contributed by atoms with Crippen LogP contribution < -0.4 is 0 Å². The first-order chi connectivity index (χ1) is 5.79. The smallest absolute Gasteiger partial charge is 0.0866 e. The fourth-order valence-electron chi connectivity index (χ4n) is 1.67. The van der Waals surface area contributed by atoms with E-state index in [9.17, 15) is 0 Å². The Kier molecular flexibility index (Phi) is 1.41. The topological polar surface area (TPSA) is 36.7 Å². The largest absolute Gasteiger partial charge is 0.264 e. The summed E-state index contributed by atoms with van der Waals surface area (Å²) in [5.41, 5.74) is 0.855. The van der Waals surface area contributed by atoms with Gasteiger partial charge in [0.05, 0.1) is 11.5 Å². The lowest BCUT2D eigenvalue weighted by molar-refractivity contribution is 0.787. The van der Waals surface area contributed by atoms with E-state index in [2.05, 4.69) is 18.0 Å². The van der Waals surface area contributed by atoms with E-state index in [-0.39, 0.29) is 5.41 Å². The lowest BCUT2D eigenvalue weighted by atomic mass is 9.97. The summed E-state index contributed by atoms with van der Waals surface area (Å²) in [4.78, 5) is 4.02. The first kappa shape index (κ1) is 7.30. The molecule has 0 spiro atoms. The molecule has 1 aromatic rings. The highest BCUT2D eigenvalue weighted by molar-refractivity contribution is 5.39. The number of rotatable bonds is 1. The molecule has 1 aromatic heterocycles. The van der Waals surface area contributed by atoms with Gasteiger partial charge in [0.2, 0.25) is 0 Å². The molecular formula is C10H10N2. The van der Waals surface area contributed by atoms with Crippen molar-refractivity contribution in [3.8, 4) is 6.07 Å². The number of hydrogen-bond acceptors (Lipinski definition) is 2. The van der Waals surface area contributed by atoms with E-state index in [1.54, 1.807) is 12.4 Å². The normalized spacial score (nSPS) is 32.5. The molecule has 1 heterocycles. The minimum atomic E-state index is -0.214. The number of aromatic nitrogens is 1. The molecule has 0 amide bonds. The molecule has 2 unspecified atom stereocenters. The van der Waals surface area contributed by atoms with Crippen LogP contribution >= 0.6 is 0 Å². The van der Waals surface area contributed by atoms with Crippen molar-refractivity contribution in [3.05, 3.63) is 30.1 Å². The van der Waals surface area contributed by atoms with E-state index in [1.165, 1.54) is 0 Å². The van der Waals surface area contributed by atoms with Gasteiger partial charge in [0.25, 0.3) is 0 Å². The van der Waals surface area contributed by atoms with Crippen molar-refractivity contribution < 1.29 is 0 Å². The quantitative estimate of drug-likeness (QED) is 0.625. The van der Waals surface area contributed by atoms with Crippen LogP contribution in [0, 0.1) is 17.2 Å². The van der Waals surface area contributed by atoms with Gasteiger partial charge in [-0.15, -0.1) is 0 Å². The van der Waals surface area contributed by atoms with Crippen molar-refractivity contribution in [2.45, 2.75) is 18.8 Å². The zero-order valence-electron chi connectivity index (χ0n) is 6.99. The summed E-state index contributed by atoms with van der Waals surface area (Å²) >= 11 is 0. The van der Waals surface area contributed by atoms with Gasteiger partial charge in [-0.1, -0.05) is 13.0 Å². The van der Waals surface area contributed by atoms with E-state index in [4.69, 9.17) is 5.26 Å². The molecule has 0 N–H and O–H groups in total. The van der Waals surface area contributed by atoms with Crippen LogP contribution in [0.25, 0.3) is 0 Å². The summed E-state index contributed by atoms with van der Waals surface area (Å²) < 4.78 is 0. The Morgan fingerprint density at radius 2 is 2.50 bits per heavy atom. The third-order valence-corrected chi connectivity index (χ3v) is 2.69. The average molecular weight is 158 g/mol. The fraction of sp³-hybridized carbons (Fsp3) is 0.400. The Morgan fingerprint density at radius 3 is 2.92 bits per heavy atom. The SMILES string of the molecule is CC1CC1(C#N)c1cccnc1. The van der Waals surface area contributed by atoms with Crippen LogP contribution in [-0.4, -0.2) is 4.98 Å². The van der Waals surface area contributed by atoms with Gasteiger partial charge < -0.3 is 0 Å². The number of nitrogens with zero attached hydrogens (tertiary/aromatic N) is 2. The predicted octanol–water partition coefficient (Wildman–Crippen LogP) is 1.88. The Hall–Kier alpha value is -1.36. The van der Waals surface area contributed by atoms with Crippen LogP contribution in [0.3, 0.4) is 0 Å². The summed E-state index contributed by atoms with van der Waals surface area (Å²) in [6.07, 6.45) is 4.52. The minimum absolute atomic E-state index is 0.214. The Morgan fingerprint density at radius 1 is 1.75 bits per heavy atom. The number of pyridine rings is 1. The average Bonchev–Trinajstić information content (AvgIpc) is 2.80. The summed E-state index contributed by atoms with van der Waals surface area (Å²) in [6, 6.07) is 6.25. The molecule has 0 aliphatic heterocycles. The van der Waals surface area contributed by atoms with Crippen molar-refractivity contribution in [1.29, 1.82) is 5.26 Å². The molecule has 0 bridgehead atoms. The molecule has 0 saturated heterocycles. The van der Waals surface area contributed by atoms with Crippen LogP contribution in [0.4, 0.5) is 0 Å². The third kappa shape index (κ3) is 0.831. The maximum absolute atomic E-state index is 9.00. The van der Waals surface area contributed by atoms with Crippen LogP contribution in [0.5, 0.6) is 0 Å². The van der Waals surface area contributed by atoms with Gasteiger partial charge in [-0.05, 0) is 24.0 Å². The van der Waals surface area contributed by atoms with Gasteiger partial charge in [0.15, 0.2) is 0 Å². The van der Waals surface area contributed by atoms with Crippen LogP contribution in [0.15, 0.2) is 24.5 Å². The monoisotopic (exact) mass is 158 g/mol. The highest BCUT2D eigenvalue weighted by Crippen LogP contribution is 2.53. The predicted molar refractivity (Wildman–Crippen MR) is 45.3 cm³/mol. The van der Waals surface area contributed by atoms with Crippen molar-refractivity contribution in [2.75, 3.05) is 0 Å². The second-order valence-corrected chi connectivity index (χ2v) is 3.43. The van der Waals surface area contributed by atoms with Crippen molar-refractivity contribution in [3.63, 3.8) is 0 Å². The van der Waals surface area contributed by atoms with Gasteiger partial charge in [0.1, 0.15) is 0 Å². The molecular weight excluding hydrogens is 148 g/mol. The molecule has 0 radical (unpaired) electrons. The first-order valence-corrected chi connectivity index (χ1v) is 4.11. The standard InChI is InChI=1S/C10H10N2/c1-8-5-10(8,7-11)9-3-2-4-12-6-9/h2-4,6,8H,5H2,1H3. The van der Waals surface area contributed by atoms with Crippen molar-refractivity contribution in [1.82, 2.24) is 4.98 Å². The van der Waals surface area contributed by atoms with Gasteiger partial charge in [0, 0.05) is 12.4 Å². The molecule has 1 aliphatic rings. The molecule has 1 fully saturated rings. The zero-order valence-corrected chi connectivity index (χ0v) is 6.99.